The first-order valence-electron chi connectivity index (χ1n) is 8.22. The highest BCUT2D eigenvalue weighted by Gasteiger charge is 2.17. The second kappa shape index (κ2) is 7.62. The van der Waals surface area contributed by atoms with E-state index in [1.54, 1.807) is 35.0 Å². The van der Waals surface area contributed by atoms with Crippen molar-refractivity contribution in [3.63, 3.8) is 0 Å². The molecular formula is C20H17FN4O. The first kappa shape index (κ1) is 17.4. The van der Waals surface area contributed by atoms with Crippen LogP contribution in [0, 0.1) is 17.1 Å². The summed E-state index contributed by atoms with van der Waals surface area (Å²) >= 11 is 0. The Balaban J connectivity index is 1.79. The number of nitriles is 1. The largest absolute Gasteiger partial charge is 0.348 e. The SMILES string of the molecule is CCc1c(C(=O)NCc2cccc(C#N)c2)cnn1-c1ccc(F)cc1. The minimum absolute atomic E-state index is 0.238. The normalized spacial score (nSPS) is 10.3. The van der Waals surface area contributed by atoms with E-state index in [0.717, 1.165) is 11.3 Å². The lowest BCUT2D eigenvalue weighted by molar-refractivity contribution is 0.0950. The van der Waals surface area contributed by atoms with Gasteiger partial charge in [-0.3, -0.25) is 4.79 Å². The molecule has 0 aliphatic heterocycles. The molecule has 1 amide bonds. The second-order valence-corrected chi connectivity index (χ2v) is 5.74. The zero-order valence-corrected chi connectivity index (χ0v) is 14.2. The Morgan fingerprint density at radius 2 is 2.04 bits per heavy atom. The van der Waals surface area contributed by atoms with Crippen molar-refractivity contribution in [2.24, 2.45) is 0 Å². The molecule has 3 rings (SSSR count). The number of nitrogens with one attached hydrogen (secondary N) is 1. The van der Waals surface area contributed by atoms with Gasteiger partial charge in [-0.2, -0.15) is 10.4 Å². The van der Waals surface area contributed by atoms with E-state index in [9.17, 15) is 9.18 Å². The van der Waals surface area contributed by atoms with E-state index in [4.69, 9.17) is 5.26 Å². The highest BCUT2D eigenvalue weighted by molar-refractivity contribution is 5.95. The average molecular weight is 348 g/mol. The Labute approximate surface area is 150 Å². The van der Waals surface area contributed by atoms with E-state index in [0.29, 0.717) is 29.8 Å². The second-order valence-electron chi connectivity index (χ2n) is 5.74. The summed E-state index contributed by atoms with van der Waals surface area (Å²) in [5, 5.41) is 16.1. The maximum atomic E-state index is 13.1. The van der Waals surface area contributed by atoms with Crippen molar-refractivity contribution in [2.75, 3.05) is 0 Å². The molecule has 0 saturated carbocycles. The monoisotopic (exact) mass is 348 g/mol. The zero-order chi connectivity index (χ0) is 18.5. The van der Waals surface area contributed by atoms with Crippen molar-refractivity contribution in [1.29, 1.82) is 5.26 Å². The maximum Gasteiger partial charge on any atom is 0.255 e. The Morgan fingerprint density at radius 1 is 1.27 bits per heavy atom. The molecule has 0 fully saturated rings. The molecule has 0 saturated heterocycles. The Kier molecular flexibility index (Phi) is 5.09. The molecule has 0 atom stereocenters. The third-order valence-electron chi connectivity index (χ3n) is 4.03. The van der Waals surface area contributed by atoms with Gasteiger partial charge in [0.25, 0.3) is 5.91 Å². The van der Waals surface area contributed by atoms with E-state index < -0.39 is 0 Å². The molecular weight excluding hydrogens is 331 g/mol. The van der Waals surface area contributed by atoms with Crippen molar-refractivity contribution in [3.05, 3.63) is 82.9 Å². The third-order valence-corrected chi connectivity index (χ3v) is 4.03. The van der Waals surface area contributed by atoms with E-state index in [1.807, 2.05) is 13.0 Å². The molecule has 2 aromatic carbocycles. The van der Waals surface area contributed by atoms with Gasteiger partial charge in [0, 0.05) is 6.54 Å². The smallest absolute Gasteiger partial charge is 0.255 e. The van der Waals surface area contributed by atoms with Gasteiger partial charge in [-0.1, -0.05) is 19.1 Å². The minimum Gasteiger partial charge on any atom is -0.348 e. The van der Waals surface area contributed by atoms with Gasteiger partial charge in [-0.25, -0.2) is 9.07 Å². The number of amides is 1. The van der Waals surface area contributed by atoms with Crippen LogP contribution in [-0.4, -0.2) is 15.7 Å². The lowest BCUT2D eigenvalue weighted by atomic mass is 10.1. The number of carbonyl (C=O) groups excluding carboxylic acids is 1. The van der Waals surface area contributed by atoms with E-state index >= 15 is 0 Å². The summed E-state index contributed by atoms with van der Waals surface area (Å²) in [5.41, 5.74) is 3.33. The molecule has 0 unspecified atom stereocenters. The Hall–Kier alpha value is -3.46. The van der Waals surface area contributed by atoms with Crippen LogP contribution in [0.15, 0.2) is 54.7 Å². The molecule has 5 nitrogen and oxygen atoms in total. The number of hydrogen-bond donors (Lipinski definition) is 1. The van der Waals surface area contributed by atoms with Crippen LogP contribution in [0.25, 0.3) is 5.69 Å². The van der Waals surface area contributed by atoms with Gasteiger partial charge in [0.1, 0.15) is 5.82 Å². The predicted molar refractivity (Wildman–Crippen MR) is 95.2 cm³/mol. The number of hydrogen-bond acceptors (Lipinski definition) is 3. The number of rotatable bonds is 5. The summed E-state index contributed by atoms with van der Waals surface area (Å²) in [7, 11) is 0. The summed E-state index contributed by atoms with van der Waals surface area (Å²) in [4.78, 5) is 12.6. The van der Waals surface area contributed by atoms with Gasteiger partial charge in [0.2, 0.25) is 0 Å². The van der Waals surface area contributed by atoms with E-state index in [-0.39, 0.29) is 11.7 Å². The number of carbonyl (C=O) groups is 1. The fraction of sp³-hybridized carbons (Fsp3) is 0.150. The molecule has 0 radical (unpaired) electrons. The first-order chi connectivity index (χ1) is 12.6. The maximum absolute atomic E-state index is 13.1. The summed E-state index contributed by atoms with van der Waals surface area (Å²) in [6.45, 7) is 2.25. The summed E-state index contributed by atoms with van der Waals surface area (Å²) < 4.78 is 14.8. The van der Waals surface area contributed by atoms with Crippen molar-refractivity contribution in [1.82, 2.24) is 15.1 Å². The van der Waals surface area contributed by atoms with Crippen molar-refractivity contribution in [3.8, 4) is 11.8 Å². The molecule has 130 valence electrons. The standard InChI is InChI=1S/C20H17FN4O/c1-2-19-18(13-24-25(19)17-8-6-16(21)7-9-17)20(26)23-12-15-5-3-4-14(10-15)11-22/h3-10,13H,2,12H2,1H3,(H,23,26). The van der Waals surface area contributed by atoms with Gasteiger partial charge >= 0.3 is 0 Å². The van der Waals surface area contributed by atoms with Crippen LogP contribution in [-0.2, 0) is 13.0 Å². The summed E-state index contributed by atoms with van der Waals surface area (Å²) in [6.07, 6.45) is 2.12. The van der Waals surface area contributed by atoms with Crippen LogP contribution in [0.5, 0.6) is 0 Å². The van der Waals surface area contributed by atoms with Crippen molar-refractivity contribution < 1.29 is 9.18 Å². The van der Waals surface area contributed by atoms with Crippen LogP contribution in [0.4, 0.5) is 4.39 Å². The molecule has 0 aliphatic rings. The lowest BCUT2D eigenvalue weighted by Gasteiger charge is -2.09. The van der Waals surface area contributed by atoms with Gasteiger partial charge in [-0.15, -0.1) is 0 Å². The molecule has 3 aromatic rings. The number of benzene rings is 2. The molecule has 0 aliphatic carbocycles. The molecule has 1 heterocycles. The molecule has 26 heavy (non-hydrogen) atoms. The van der Waals surface area contributed by atoms with Gasteiger partial charge < -0.3 is 5.32 Å². The quantitative estimate of drug-likeness (QED) is 0.768. The molecule has 6 heteroatoms. The average Bonchev–Trinajstić information content (AvgIpc) is 3.11. The van der Waals surface area contributed by atoms with Gasteiger partial charge in [-0.05, 0) is 48.4 Å². The topological polar surface area (TPSA) is 70.7 Å². The van der Waals surface area contributed by atoms with Crippen molar-refractivity contribution in [2.45, 2.75) is 19.9 Å². The number of aromatic nitrogens is 2. The molecule has 1 N–H and O–H groups in total. The van der Waals surface area contributed by atoms with E-state index in [2.05, 4.69) is 16.5 Å². The fourth-order valence-electron chi connectivity index (χ4n) is 2.74. The minimum atomic E-state index is -0.323. The molecule has 1 aromatic heterocycles. The van der Waals surface area contributed by atoms with Gasteiger partial charge in [0.05, 0.1) is 34.8 Å². The Bertz CT molecular complexity index is 970. The third kappa shape index (κ3) is 3.62. The van der Waals surface area contributed by atoms with Crippen molar-refractivity contribution >= 4 is 5.91 Å². The number of nitrogens with zero attached hydrogens (tertiary/aromatic N) is 3. The highest BCUT2D eigenvalue weighted by Crippen LogP contribution is 2.16. The first-order valence-corrected chi connectivity index (χ1v) is 8.22. The van der Waals surface area contributed by atoms with Crippen LogP contribution >= 0.6 is 0 Å². The Morgan fingerprint density at radius 3 is 2.73 bits per heavy atom. The van der Waals surface area contributed by atoms with Crippen LogP contribution < -0.4 is 5.32 Å². The lowest BCUT2D eigenvalue weighted by Crippen LogP contribution is -2.23. The van der Waals surface area contributed by atoms with E-state index in [1.165, 1.54) is 18.3 Å². The van der Waals surface area contributed by atoms with Crippen LogP contribution in [0.2, 0.25) is 0 Å². The molecule has 0 spiro atoms. The predicted octanol–water partition coefficient (Wildman–Crippen LogP) is 3.38. The van der Waals surface area contributed by atoms with Crippen LogP contribution in [0.3, 0.4) is 0 Å². The summed E-state index contributed by atoms with van der Waals surface area (Å²) in [5.74, 6) is -0.561. The molecule has 0 bridgehead atoms. The van der Waals surface area contributed by atoms with Crippen LogP contribution in [0.1, 0.15) is 34.1 Å². The number of halogens is 1. The van der Waals surface area contributed by atoms with Gasteiger partial charge in [0.15, 0.2) is 0 Å². The highest BCUT2D eigenvalue weighted by atomic mass is 19.1. The summed E-state index contributed by atoms with van der Waals surface area (Å²) in [6, 6.07) is 15.1. The zero-order valence-electron chi connectivity index (χ0n) is 14.2. The fourth-order valence-corrected chi connectivity index (χ4v) is 2.74.